The number of nitrogens with one attached hydrogen (secondary N) is 2. The van der Waals surface area contributed by atoms with Gasteiger partial charge in [0.1, 0.15) is 5.66 Å². The molecule has 0 unspecified atom stereocenters. The highest BCUT2D eigenvalue weighted by atomic mass is 19.1. The minimum atomic E-state index is -0.697. The van der Waals surface area contributed by atoms with Crippen molar-refractivity contribution in [3.05, 3.63) is 47.5 Å². The zero-order valence-electron chi connectivity index (χ0n) is 14.5. The van der Waals surface area contributed by atoms with Crippen LogP contribution in [0.25, 0.3) is 22.2 Å². The lowest BCUT2D eigenvalue weighted by molar-refractivity contribution is 0.0914. The van der Waals surface area contributed by atoms with E-state index in [4.69, 9.17) is 0 Å². The van der Waals surface area contributed by atoms with Crippen LogP contribution < -0.4 is 10.6 Å². The van der Waals surface area contributed by atoms with Crippen molar-refractivity contribution in [3.8, 4) is 16.9 Å². The first-order chi connectivity index (χ1) is 12.3. The van der Waals surface area contributed by atoms with E-state index in [0.29, 0.717) is 39.0 Å². The quantitative estimate of drug-likeness (QED) is 0.625. The average molecular weight is 352 g/mol. The number of amides is 1. The van der Waals surface area contributed by atoms with Crippen molar-refractivity contribution in [2.24, 2.45) is 0 Å². The summed E-state index contributed by atoms with van der Waals surface area (Å²) < 4.78 is 13.8. The van der Waals surface area contributed by atoms with Gasteiger partial charge >= 0.3 is 0 Å². The van der Waals surface area contributed by atoms with Gasteiger partial charge in [0.05, 0.1) is 22.3 Å². The highest BCUT2D eigenvalue weighted by molar-refractivity contribution is 6.12. The van der Waals surface area contributed by atoms with E-state index >= 15 is 0 Å². The topological polar surface area (TPSA) is 87.1 Å². The molecule has 26 heavy (non-hydrogen) atoms. The summed E-state index contributed by atoms with van der Waals surface area (Å²) in [6, 6.07) is 4.46. The predicted molar refractivity (Wildman–Crippen MR) is 96.5 cm³/mol. The molecule has 2 aromatic carbocycles. The summed E-state index contributed by atoms with van der Waals surface area (Å²) in [6.45, 7) is 5.31. The van der Waals surface area contributed by atoms with E-state index in [2.05, 4.69) is 20.6 Å². The number of anilines is 1. The fourth-order valence-electron chi connectivity index (χ4n) is 3.31. The van der Waals surface area contributed by atoms with Crippen LogP contribution in [0.4, 0.5) is 10.1 Å². The highest BCUT2D eigenvalue weighted by Crippen LogP contribution is 2.42. The number of phenolic OH excluding ortho intramolecular Hbond substituents is 1. The number of phenols is 1. The van der Waals surface area contributed by atoms with Gasteiger partial charge in [-0.15, -0.1) is 0 Å². The van der Waals surface area contributed by atoms with Crippen LogP contribution in [0.5, 0.6) is 5.75 Å². The molecule has 0 radical (unpaired) electrons. The number of hydrogen-bond donors (Lipinski definition) is 3. The van der Waals surface area contributed by atoms with Crippen LogP contribution >= 0.6 is 0 Å². The zero-order valence-corrected chi connectivity index (χ0v) is 14.5. The van der Waals surface area contributed by atoms with Crippen LogP contribution in [0.1, 0.15) is 29.8 Å². The second-order valence-corrected chi connectivity index (χ2v) is 6.87. The fourth-order valence-corrected chi connectivity index (χ4v) is 3.31. The number of carbonyl (C=O) groups is 1. The van der Waals surface area contributed by atoms with Crippen LogP contribution in [0.2, 0.25) is 0 Å². The van der Waals surface area contributed by atoms with Crippen LogP contribution in [0.3, 0.4) is 0 Å². The second kappa shape index (κ2) is 5.39. The van der Waals surface area contributed by atoms with Gasteiger partial charge in [0.25, 0.3) is 5.91 Å². The first-order valence-corrected chi connectivity index (χ1v) is 8.15. The summed E-state index contributed by atoms with van der Waals surface area (Å²) in [4.78, 5) is 21.4. The fraction of sp³-hybridized carbons (Fsp3) is 0.211. The summed E-state index contributed by atoms with van der Waals surface area (Å²) in [7, 11) is 0. The van der Waals surface area contributed by atoms with Gasteiger partial charge in [-0.3, -0.25) is 14.8 Å². The van der Waals surface area contributed by atoms with Gasteiger partial charge in [0.15, 0.2) is 11.6 Å². The molecule has 1 aliphatic heterocycles. The molecule has 3 aromatic rings. The Balaban J connectivity index is 2.15. The van der Waals surface area contributed by atoms with Crippen LogP contribution in [-0.2, 0) is 0 Å². The Bertz CT molecular complexity index is 1080. The monoisotopic (exact) mass is 352 g/mol. The van der Waals surface area contributed by atoms with E-state index in [1.807, 2.05) is 13.8 Å². The number of halogens is 1. The van der Waals surface area contributed by atoms with Crippen molar-refractivity contribution in [2.75, 3.05) is 5.32 Å². The van der Waals surface area contributed by atoms with Gasteiger partial charge in [-0.1, -0.05) is 6.07 Å². The maximum absolute atomic E-state index is 13.8. The van der Waals surface area contributed by atoms with Gasteiger partial charge < -0.3 is 15.7 Å². The van der Waals surface area contributed by atoms with Crippen molar-refractivity contribution < 1.29 is 14.3 Å². The number of benzene rings is 2. The molecule has 132 valence electrons. The Labute approximate surface area is 149 Å². The Kier molecular flexibility index (Phi) is 3.37. The summed E-state index contributed by atoms with van der Waals surface area (Å²) in [5.74, 6) is -1.35. The standard InChI is InChI=1S/C19H17FN4O2/c1-9-10(4-5-12(20)17(9)25)14-15-11(18(26)24-19(2,3)23-15)8-13-16(14)22-7-6-21-13/h4-8,23,25H,1-3H3,(H,24,26). The maximum atomic E-state index is 13.8. The lowest BCUT2D eigenvalue weighted by atomic mass is 9.91. The zero-order chi connectivity index (χ0) is 18.6. The van der Waals surface area contributed by atoms with E-state index in [1.165, 1.54) is 6.07 Å². The third-order valence-corrected chi connectivity index (χ3v) is 4.52. The van der Waals surface area contributed by atoms with E-state index < -0.39 is 17.2 Å². The summed E-state index contributed by atoms with van der Waals surface area (Å²) in [5, 5.41) is 16.3. The summed E-state index contributed by atoms with van der Waals surface area (Å²) in [5.41, 5.74) is 3.02. The second-order valence-electron chi connectivity index (χ2n) is 6.87. The van der Waals surface area contributed by atoms with E-state index in [0.717, 1.165) is 0 Å². The highest BCUT2D eigenvalue weighted by Gasteiger charge is 2.33. The minimum absolute atomic E-state index is 0.235. The Hall–Kier alpha value is -3.22. The molecule has 0 spiro atoms. The third-order valence-electron chi connectivity index (χ3n) is 4.52. The maximum Gasteiger partial charge on any atom is 0.255 e. The Morgan fingerprint density at radius 2 is 1.85 bits per heavy atom. The number of hydrogen-bond acceptors (Lipinski definition) is 5. The molecule has 0 saturated heterocycles. The number of carbonyl (C=O) groups excluding carboxylic acids is 1. The van der Waals surface area contributed by atoms with Crippen molar-refractivity contribution in [3.63, 3.8) is 0 Å². The average Bonchev–Trinajstić information content (AvgIpc) is 2.58. The number of aromatic hydroxyl groups is 1. The molecular weight excluding hydrogens is 335 g/mol. The molecule has 0 fully saturated rings. The molecule has 6 nitrogen and oxygen atoms in total. The Morgan fingerprint density at radius 3 is 2.62 bits per heavy atom. The van der Waals surface area contributed by atoms with E-state index in [-0.39, 0.29) is 5.91 Å². The lowest BCUT2D eigenvalue weighted by Gasteiger charge is -2.36. The van der Waals surface area contributed by atoms with Gasteiger partial charge in [-0.2, -0.15) is 0 Å². The smallest absolute Gasteiger partial charge is 0.255 e. The Morgan fingerprint density at radius 1 is 1.12 bits per heavy atom. The molecule has 1 amide bonds. The van der Waals surface area contributed by atoms with Gasteiger partial charge in [0.2, 0.25) is 0 Å². The molecule has 2 heterocycles. The molecule has 0 saturated carbocycles. The normalized spacial score (nSPS) is 15.3. The van der Waals surface area contributed by atoms with Gasteiger partial charge in [0, 0.05) is 23.5 Å². The molecule has 0 bridgehead atoms. The van der Waals surface area contributed by atoms with Crippen molar-refractivity contribution in [1.29, 1.82) is 0 Å². The first-order valence-electron chi connectivity index (χ1n) is 8.15. The minimum Gasteiger partial charge on any atom is -0.505 e. The molecular formula is C19H17FN4O2. The van der Waals surface area contributed by atoms with Crippen LogP contribution in [-0.4, -0.2) is 26.6 Å². The van der Waals surface area contributed by atoms with Gasteiger partial charge in [-0.25, -0.2) is 4.39 Å². The van der Waals surface area contributed by atoms with Crippen molar-refractivity contribution in [2.45, 2.75) is 26.4 Å². The van der Waals surface area contributed by atoms with Gasteiger partial charge in [-0.05, 0) is 38.5 Å². The van der Waals surface area contributed by atoms with E-state index in [1.54, 1.807) is 31.5 Å². The third kappa shape index (κ3) is 2.35. The molecule has 1 aliphatic rings. The molecule has 1 aromatic heterocycles. The number of nitrogens with zero attached hydrogens (tertiary/aromatic N) is 2. The molecule has 0 atom stereocenters. The number of rotatable bonds is 1. The van der Waals surface area contributed by atoms with Crippen LogP contribution in [0, 0.1) is 12.7 Å². The molecule has 3 N–H and O–H groups in total. The molecule has 7 heteroatoms. The first kappa shape index (κ1) is 16.3. The number of fused-ring (bicyclic) bond motifs is 2. The predicted octanol–water partition coefficient (Wildman–Crippen LogP) is 3.34. The lowest BCUT2D eigenvalue weighted by Crippen LogP contribution is -2.53. The SMILES string of the molecule is Cc1c(-c2c3c(cc4nccnc24)C(=O)NC(C)(C)N3)ccc(F)c1O. The van der Waals surface area contributed by atoms with Crippen molar-refractivity contribution >= 4 is 22.6 Å². The molecule has 4 rings (SSSR count). The summed E-state index contributed by atoms with van der Waals surface area (Å²) in [6.07, 6.45) is 3.11. The summed E-state index contributed by atoms with van der Waals surface area (Å²) >= 11 is 0. The molecule has 0 aliphatic carbocycles. The van der Waals surface area contributed by atoms with E-state index in [9.17, 15) is 14.3 Å². The largest absolute Gasteiger partial charge is 0.505 e. The van der Waals surface area contributed by atoms with Crippen molar-refractivity contribution in [1.82, 2.24) is 15.3 Å². The number of aromatic nitrogens is 2. The van der Waals surface area contributed by atoms with Crippen LogP contribution in [0.15, 0.2) is 30.6 Å².